The molecule has 2 fully saturated rings. The Hall–Kier alpha value is -2.29. The summed E-state index contributed by atoms with van der Waals surface area (Å²) in [6.07, 6.45) is 3.91. The van der Waals surface area contributed by atoms with Crippen LogP contribution in [0.25, 0.3) is 0 Å². The van der Waals surface area contributed by atoms with E-state index in [4.69, 9.17) is 0 Å². The molecule has 3 heteroatoms. The Balaban J connectivity index is 1.57. The van der Waals surface area contributed by atoms with Gasteiger partial charge in [-0.05, 0) is 83.7 Å². The summed E-state index contributed by atoms with van der Waals surface area (Å²) in [5.41, 5.74) is 5.53. The lowest BCUT2D eigenvalue weighted by Crippen LogP contribution is -2.35. The molecule has 2 bridgehead atoms. The van der Waals surface area contributed by atoms with Crippen LogP contribution in [0.2, 0.25) is 0 Å². The number of rotatable bonds is 3. The maximum atomic E-state index is 11.5. The van der Waals surface area contributed by atoms with Crippen LogP contribution in [0.3, 0.4) is 0 Å². The summed E-state index contributed by atoms with van der Waals surface area (Å²) < 4.78 is 0. The molecule has 0 aromatic heterocycles. The van der Waals surface area contributed by atoms with Crippen molar-refractivity contribution < 1.29 is 9.90 Å². The van der Waals surface area contributed by atoms with E-state index in [0.29, 0.717) is 35.3 Å². The van der Waals surface area contributed by atoms with E-state index in [2.05, 4.69) is 43.4 Å². The van der Waals surface area contributed by atoms with Crippen molar-refractivity contribution in [1.29, 1.82) is 0 Å². The first-order valence-electron chi connectivity index (χ1n) is 10.3. The molecule has 0 amide bonds. The maximum absolute atomic E-state index is 11.5. The molecule has 2 aromatic rings. The van der Waals surface area contributed by atoms with Gasteiger partial charge in [0, 0.05) is 5.69 Å². The van der Waals surface area contributed by atoms with Crippen molar-refractivity contribution in [3.05, 3.63) is 64.7 Å². The summed E-state index contributed by atoms with van der Waals surface area (Å²) in [6, 6.07) is 15.1. The van der Waals surface area contributed by atoms with Crippen LogP contribution in [-0.4, -0.2) is 11.1 Å². The predicted molar refractivity (Wildman–Crippen MR) is 107 cm³/mol. The monoisotopic (exact) mass is 361 g/mol. The number of benzene rings is 2. The normalized spacial score (nSPS) is 30.7. The topological polar surface area (TPSA) is 49.3 Å². The average molecular weight is 361 g/mol. The number of nitrogens with one attached hydrogen (secondary N) is 1. The van der Waals surface area contributed by atoms with Crippen molar-refractivity contribution in [2.75, 3.05) is 5.32 Å². The number of hydrogen-bond donors (Lipinski definition) is 2. The standard InChI is InChI=1S/C24H27NO2/c1-13(2)14-3-5-15(6-4-14)23-22-17-8-7-16(11-17)21(22)19-12-18(24(26)27)9-10-20(19)25-23/h3-6,9-10,12-13,16-17,21-23,25H,7-8,11H2,1-2H3,(H,26,27). The molecule has 1 aliphatic heterocycles. The summed E-state index contributed by atoms with van der Waals surface area (Å²) in [5.74, 6) is 2.25. The molecule has 1 heterocycles. The van der Waals surface area contributed by atoms with Crippen LogP contribution < -0.4 is 5.32 Å². The number of fused-ring (bicyclic) bond motifs is 7. The largest absolute Gasteiger partial charge is 0.478 e. The molecule has 0 saturated heterocycles. The first kappa shape index (κ1) is 16.9. The number of carbonyl (C=O) groups is 1. The van der Waals surface area contributed by atoms with Gasteiger partial charge in [0.2, 0.25) is 0 Å². The van der Waals surface area contributed by atoms with E-state index < -0.39 is 5.97 Å². The minimum atomic E-state index is -0.830. The number of aromatic carboxylic acids is 1. The molecule has 2 aliphatic carbocycles. The Morgan fingerprint density at radius 1 is 1.07 bits per heavy atom. The lowest BCUT2D eigenvalue weighted by molar-refractivity contribution is 0.0696. The van der Waals surface area contributed by atoms with Crippen LogP contribution in [0.4, 0.5) is 5.69 Å². The van der Waals surface area contributed by atoms with Crippen LogP contribution in [0, 0.1) is 17.8 Å². The summed E-state index contributed by atoms with van der Waals surface area (Å²) in [5, 5.41) is 13.2. The van der Waals surface area contributed by atoms with E-state index in [1.54, 1.807) is 6.07 Å². The van der Waals surface area contributed by atoms with E-state index in [1.807, 2.05) is 12.1 Å². The van der Waals surface area contributed by atoms with E-state index in [9.17, 15) is 9.90 Å². The molecule has 27 heavy (non-hydrogen) atoms. The van der Waals surface area contributed by atoms with Gasteiger partial charge in [-0.1, -0.05) is 38.1 Å². The molecule has 5 atom stereocenters. The zero-order chi connectivity index (χ0) is 18.7. The van der Waals surface area contributed by atoms with Gasteiger partial charge in [0.15, 0.2) is 0 Å². The van der Waals surface area contributed by atoms with Gasteiger partial charge in [0.25, 0.3) is 0 Å². The third kappa shape index (κ3) is 2.59. The van der Waals surface area contributed by atoms with E-state index in [0.717, 1.165) is 11.6 Å². The Morgan fingerprint density at radius 2 is 1.81 bits per heavy atom. The zero-order valence-electron chi connectivity index (χ0n) is 16.0. The van der Waals surface area contributed by atoms with Gasteiger partial charge in [-0.2, -0.15) is 0 Å². The Kier molecular flexibility index (Phi) is 3.82. The minimum Gasteiger partial charge on any atom is -0.478 e. The fourth-order valence-electron chi connectivity index (χ4n) is 6.04. The molecule has 5 unspecified atom stereocenters. The van der Waals surface area contributed by atoms with Crippen molar-refractivity contribution in [3.63, 3.8) is 0 Å². The van der Waals surface area contributed by atoms with E-state index in [1.165, 1.54) is 36.0 Å². The van der Waals surface area contributed by atoms with Gasteiger partial charge < -0.3 is 10.4 Å². The highest BCUT2D eigenvalue weighted by molar-refractivity contribution is 5.88. The third-order valence-electron chi connectivity index (χ3n) is 7.30. The molecule has 140 valence electrons. The third-order valence-corrected chi connectivity index (χ3v) is 7.30. The molecule has 3 aliphatic rings. The van der Waals surface area contributed by atoms with E-state index >= 15 is 0 Å². The number of anilines is 1. The van der Waals surface area contributed by atoms with Crippen molar-refractivity contribution >= 4 is 11.7 Å². The van der Waals surface area contributed by atoms with Crippen molar-refractivity contribution in [1.82, 2.24) is 0 Å². The molecule has 5 rings (SSSR count). The average Bonchev–Trinajstić information content (AvgIpc) is 3.29. The Bertz CT molecular complexity index is 886. The lowest BCUT2D eigenvalue weighted by Gasteiger charge is -2.43. The second-order valence-electron chi connectivity index (χ2n) is 8.99. The number of hydrogen-bond acceptors (Lipinski definition) is 2. The fraction of sp³-hybridized carbons (Fsp3) is 0.458. The molecule has 3 nitrogen and oxygen atoms in total. The highest BCUT2D eigenvalue weighted by Crippen LogP contribution is 2.63. The number of carboxylic acid groups (broad SMARTS) is 1. The lowest BCUT2D eigenvalue weighted by atomic mass is 9.68. The van der Waals surface area contributed by atoms with Gasteiger partial charge >= 0.3 is 5.97 Å². The molecule has 0 radical (unpaired) electrons. The summed E-state index contributed by atoms with van der Waals surface area (Å²) in [4.78, 5) is 11.5. The van der Waals surface area contributed by atoms with Gasteiger partial charge in [-0.25, -0.2) is 4.79 Å². The van der Waals surface area contributed by atoms with Crippen molar-refractivity contribution in [3.8, 4) is 0 Å². The van der Waals surface area contributed by atoms with Crippen LogP contribution in [0.15, 0.2) is 42.5 Å². The molecule has 2 N–H and O–H groups in total. The van der Waals surface area contributed by atoms with Crippen LogP contribution in [0.1, 0.15) is 78.0 Å². The maximum Gasteiger partial charge on any atom is 0.335 e. The Labute approximate surface area is 160 Å². The first-order chi connectivity index (χ1) is 13.0. The van der Waals surface area contributed by atoms with Crippen LogP contribution in [-0.2, 0) is 0 Å². The fourth-order valence-corrected chi connectivity index (χ4v) is 6.04. The van der Waals surface area contributed by atoms with Crippen LogP contribution in [0.5, 0.6) is 0 Å². The van der Waals surface area contributed by atoms with Gasteiger partial charge in [-0.3, -0.25) is 0 Å². The summed E-state index contributed by atoms with van der Waals surface area (Å²) >= 11 is 0. The number of carboxylic acids is 1. The highest BCUT2D eigenvalue weighted by Gasteiger charge is 2.53. The smallest absolute Gasteiger partial charge is 0.335 e. The second kappa shape index (κ2) is 6.12. The SMILES string of the molecule is CC(C)c1ccc(C2Nc3ccc(C(=O)O)cc3C3C4CCC(C4)C23)cc1. The minimum absolute atomic E-state index is 0.328. The molecule has 2 saturated carbocycles. The first-order valence-corrected chi connectivity index (χ1v) is 10.3. The molecule has 2 aromatic carbocycles. The molecular weight excluding hydrogens is 334 g/mol. The van der Waals surface area contributed by atoms with Gasteiger partial charge in [-0.15, -0.1) is 0 Å². The highest BCUT2D eigenvalue weighted by atomic mass is 16.4. The summed E-state index contributed by atoms with van der Waals surface area (Å²) in [7, 11) is 0. The van der Waals surface area contributed by atoms with Crippen molar-refractivity contribution in [2.24, 2.45) is 17.8 Å². The molecular formula is C24H27NO2. The van der Waals surface area contributed by atoms with E-state index in [-0.39, 0.29) is 0 Å². The molecule has 0 spiro atoms. The Morgan fingerprint density at radius 3 is 2.52 bits per heavy atom. The summed E-state index contributed by atoms with van der Waals surface area (Å²) in [6.45, 7) is 4.46. The predicted octanol–water partition coefficient (Wildman–Crippen LogP) is 5.80. The van der Waals surface area contributed by atoms with Crippen molar-refractivity contribution in [2.45, 2.75) is 51.0 Å². The zero-order valence-corrected chi connectivity index (χ0v) is 16.0. The van der Waals surface area contributed by atoms with Gasteiger partial charge in [0.05, 0.1) is 11.6 Å². The van der Waals surface area contributed by atoms with Crippen LogP contribution >= 0.6 is 0 Å². The quantitative estimate of drug-likeness (QED) is 0.726. The van der Waals surface area contributed by atoms with Gasteiger partial charge in [0.1, 0.15) is 0 Å². The second-order valence-corrected chi connectivity index (χ2v) is 8.99.